The van der Waals surface area contributed by atoms with Crippen LogP contribution in [-0.4, -0.2) is 68.2 Å². The van der Waals surface area contributed by atoms with Gasteiger partial charge >= 0.3 is 14.9 Å². The van der Waals surface area contributed by atoms with E-state index < -0.39 is 26.5 Å². The number of ether oxygens (including phenoxy) is 1. The van der Waals surface area contributed by atoms with Crippen molar-refractivity contribution in [1.82, 2.24) is 10.2 Å². The Morgan fingerprint density at radius 3 is 2.61 bits per heavy atom. The van der Waals surface area contributed by atoms with Crippen LogP contribution >= 0.6 is 0 Å². The molecular formula is C19H34N2O6Si. The summed E-state index contributed by atoms with van der Waals surface area (Å²) in [5.41, 5.74) is -0.888. The average molecular weight is 415 g/mol. The van der Waals surface area contributed by atoms with Crippen molar-refractivity contribution in [1.29, 1.82) is 0 Å². The van der Waals surface area contributed by atoms with Crippen LogP contribution in [-0.2, 0) is 22.8 Å². The number of hydrogen-bond acceptors (Lipinski definition) is 6. The second-order valence-corrected chi connectivity index (χ2v) is 12.0. The first-order chi connectivity index (χ1) is 12.9. The molecule has 9 heteroatoms. The van der Waals surface area contributed by atoms with E-state index in [0.29, 0.717) is 32.0 Å². The Kier molecular flexibility index (Phi) is 5.84. The molecule has 160 valence electrons. The molecule has 3 aliphatic heterocycles. The number of rotatable bonds is 5. The summed E-state index contributed by atoms with van der Waals surface area (Å²) >= 11 is 0. The molecule has 3 aliphatic rings. The lowest BCUT2D eigenvalue weighted by atomic mass is 9.98. The predicted octanol–water partition coefficient (Wildman–Crippen LogP) is 2.44. The summed E-state index contributed by atoms with van der Waals surface area (Å²) in [4.78, 5) is 26.5. The number of carbonyl (C=O) groups is 2. The van der Waals surface area contributed by atoms with Crippen molar-refractivity contribution >= 4 is 20.8 Å². The zero-order chi connectivity index (χ0) is 20.7. The van der Waals surface area contributed by atoms with Gasteiger partial charge in [-0.2, -0.15) is 0 Å². The summed E-state index contributed by atoms with van der Waals surface area (Å²) in [5, 5.41) is 2.95. The summed E-state index contributed by atoms with van der Waals surface area (Å²) < 4.78 is 23.6. The molecule has 1 N–H and O–H groups in total. The molecule has 3 fully saturated rings. The second kappa shape index (κ2) is 7.59. The highest BCUT2D eigenvalue weighted by Gasteiger charge is 2.65. The second-order valence-electron chi connectivity index (χ2n) is 9.48. The van der Waals surface area contributed by atoms with Crippen LogP contribution in [0, 0.1) is 0 Å². The maximum absolute atomic E-state index is 12.6. The third-order valence-electron chi connectivity index (χ3n) is 5.34. The highest BCUT2D eigenvalue weighted by atomic mass is 28.4. The highest BCUT2D eigenvalue weighted by Crippen LogP contribution is 2.45. The van der Waals surface area contributed by atoms with Gasteiger partial charge in [-0.1, -0.05) is 0 Å². The molecule has 0 radical (unpaired) electrons. The third kappa shape index (κ3) is 4.53. The van der Waals surface area contributed by atoms with Gasteiger partial charge in [-0.15, -0.1) is 0 Å². The van der Waals surface area contributed by atoms with Crippen molar-refractivity contribution in [3.05, 3.63) is 0 Å². The van der Waals surface area contributed by atoms with Gasteiger partial charge in [-0.05, 0) is 60.8 Å². The molecule has 2 amide bonds. The number of likely N-dealkylation sites (tertiary alicyclic amines) is 1. The van der Waals surface area contributed by atoms with Crippen LogP contribution < -0.4 is 5.32 Å². The van der Waals surface area contributed by atoms with E-state index in [9.17, 15) is 9.59 Å². The van der Waals surface area contributed by atoms with Crippen LogP contribution in [0.2, 0.25) is 6.04 Å². The molecule has 3 rings (SSSR count). The van der Waals surface area contributed by atoms with Crippen molar-refractivity contribution in [2.45, 2.75) is 96.3 Å². The maximum atomic E-state index is 12.6. The fraction of sp³-hybridized carbons (Fsp3) is 0.895. The minimum atomic E-state index is -2.63. The van der Waals surface area contributed by atoms with Gasteiger partial charge in [0.05, 0.1) is 11.7 Å². The largest absolute Gasteiger partial charge is 0.502 e. The number of fused-ring (bicyclic) bond motifs is 2. The molecule has 3 unspecified atom stereocenters. The monoisotopic (exact) mass is 414 g/mol. The Balaban J connectivity index is 1.45. The van der Waals surface area contributed by atoms with Gasteiger partial charge in [-0.3, -0.25) is 9.69 Å². The van der Waals surface area contributed by atoms with Gasteiger partial charge in [0, 0.05) is 19.1 Å². The molecule has 8 nitrogen and oxygen atoms in total. The molecule has 3 saturated heterocycles. The summed E-state index contributed by atoms with van der Waals surface area (Å²) in [5.74, 6) is -0.130. The van der Waals surface area contributed by atoms with Gasteiger partial charge in [0.25, 0.3) is 0 Å². The molecule has 0 aromatic heterocycles. The van der Waals surface area contributed by atoms with Crippen LogP contribution in [0.1, 0.15) is 60.8 Å². The quantitative estimate of drug-likeness (QED) is 0.549. The Morgan fingerprint density at radius 1 is 1.29 bits per heavy atom. The molecule has 0 aliphatic carbocycles. The lowest BCUT2D eigenvalue weighted by molar-refractivity contribution is -0.125. The van der Waals surface area contributed by atoms with E-state index in [1.54, 1.807) is 0 Å². The maximum Gasteiger partial charge on any atom is 0.502 e. The van der Waals surface area contributed by atoms with Crippen LogP contribution in [0.15, 0.2) is 0 Å². The van der Waals surface area contributed by atoms with Gasteiger partial charge in [0.2, 0.25) is 5.91 Å². The van der Waals surface area contributed by atoms with Gasteiger partial charge in [-0.25, -0.2) is 4.79 Å². The summed E-state index contributed by atoms with van der Waals surface area (Å²) in [6.45, 7) is 12.6. The van der Waals surface area contributed by atoms with Crippen LogP contribution in [0.4, 0.5) is 4.79 Å². The van der Waals surface area contributed by atoms with E-state index in [4.69, 9.17) is 18.0 Å². The van der Waals surface area contributed by atoms with Gasteiger partial charge < -0.3 is 23.3 Å². The molecule has 0 aromatic rings. The molecular weight excluding hydrogens is 380 g/mol. The van der Waals surface area contributed by atoms with Crippen molar-refractivity contribution in [3.63, 3.8) is 0 Å². The Hall–Kier alpha value is -1.16. The number of nitrogens with one attached hydrogen (secondary N) is 1. The summed E-state index contributed by atoms with van der Waals surface area (Å²) in [6, 6.07) is 0.216. The normalized spacial score (nSPS) is 33.9. The van der Waals surface area contributed by atoms with E-state index in [-0.39, 0.29) is 23.7 Å². The van der Waals surface area contributed by atoms with E-state index >= 15 is 0 Å². The highest BCUT2D eigenvalue weighted by molar-refractivity contribution is 6.62. The summed E-state index contributed by atoms with van der Waals surface area (Å²) in [6.07, 6.45) is 1.78. The van der Waals surface area contributed by atoms with E-state index in [1.807, 2.05) is 41.5 Å². The first kappa shape index (κ1) is 21.5. The zero-order valence-electron chi connectivity index (χ0n) is 17.9. The Bertz CT molecular complexity index is 622. The number of carbonyl (C=O) groups excluding carboxylic acids is 2. The average Bonchev–Trinajstić information content (AvgIpc) is 3.20. The minimum Gasteiger partial charge on any atom is -0.444 e. The van der Waals surface area contributed by atoms with Crippen molar-refractivity contribution in [2.24, 2.45) is 0 Å². The third-order valence-corrected chi connectivity index (χ3v) is 8.49. The topological polar surface area (TPSA) is 86.3 Å². The molecule has 4 atom stereocenters. The molecule has 28 heavy (non-hydrogen) atoms. The van der Waals surface area contributed by atoms with E-state index in [2.05, 4.69) is 5.32 Å². The van der Waals surface area contributed by atoms with Crippen LogP contribution in [0.25, 0.3) is 0 Å². The van der Waals surface area contributed by atoms with Crippen LogP contribution in [0.3, 0.4) is 0 Å². The van der Waals surface area contributed by atoms with E-state index in [1.165, 1.54) is 4.90 Å². The van der Waals surface area contributed by atoms with Crippen molar-refractivity contribution in [3.8, 4) is 0 Å². The van der Waals surface area contributed by atoms with Gasteiger partial charge in [0.1, 0.15) is 17.7 Å². The fourth-order valence-electron chi connectivity index (χ4n) is 4.26. The fourth-order valence-corrected chi connectivity index (χ4v) is 7.83. The van der Waals surface area contributed by atoms with Crippen molar-refractivity contribution < 1.29 is 27.6 Å². The molecule has 0 spiro atoms. The molecule has 0 aromatic carbocycles. The predicted molar refractivity (Wildman–Crippen MR) is 105 cm³/mol. The number of hydrogen-bond donors (Lipinski definition) is 1. The van der Waals surface area contributed by atoms with E-state index in [0.717, 1.165) is 6.42 Å². The summed E-state index contributed by atoms with van der Waals surface area (Å²) in [7, 11) is -2.63. The molecule has 2 bridgehead atoms. The van der Waals surface area contributed by atoms with Crippen molar-refractivity contribution in [2.75, 3.05) is 13.1 Å². The zero-order valence-corrected chi connectivity index (χ0v) is 18.9. The smallest absolute Gasteiger partial charge is 0.444 e. The Morgan fingerprint density at radius 2 is 2.00 bits per heavy atom. The first-order valence-corrected chi connectivity index (χ1v) is 12.2. The van der Waals surface area contributed by atoms with Crippen LogP contribution in [0.5, 0.6) is 0 Å². The standard InChI is InChI=1S/C19H34N2O6Si/c1-13-15-19(5,6)27-28(25-13,26-15)12-8-10-20-16(22)14-9-7-11-21(14)17(23)24-18(2,3)4/h13-15H,7-12H2,1-6H3,(H,20,22)/t13?,14-,15?,28?/m0/s1. The molecule has 3 heterocycles. The number of nitrogens with zero attached hydrogens (tertiary/aromatic N) is 1. The number of amides is 2. The lowest BCUT2D eigenvalue weighted by Gasteiger charge is -2.34. The molecule has 0 saturated carbocycles. The lowest BCUT2D eigenvalue weighted by Crippen LogP contribution is -2.50. The SMILES string of the molecule is CC1O[Si]2(CCCNC(=O)[C@@H]3CCCN3C(=O)OC(C)(C)C)OC1C(C)(C)O2. The minimum absolute atomic E-state index is 0.0189. The Labute approximate surface area is 168 Å². The first-order valence-electron chi connectivity index (χ1n) is 10.3. The van der Waals surface area contributed by atoms with Gasteiger partial charge in [0.15, 0.2) is 0 Å².